The molecule has 0 spiro atoms. The van der Waals surface area contributed by atoms with E-state index < -0.39 is 0 Å². The normalized spacial score (nSPS) is 35.1. The van der Waals surface area contributed by atoms with Gasteiger partial charge in [-0.25, -0.2) is 0 Å². The minimum Gasteiger partial charge on any atom is -0.482 e. The molecule has 0 amide bonds. The largest absolute Gasteiger partial charge is 0.482 e. The van der Waals surface area contributed by atoms with Gasteiger partial charge in [-0.3, -0.25) is 4.99 Å². The molecule has 6 aliphatic rings. The second-order valence-corrected chi connectivity index (χ2v) is 11.5. The molecule has 5 nitrogen and oxygen atoms in total. The van der Waals surface area contributed by atoms with Crippen molar-refractivity contribution in [2.45, 2.75) is 88.8 Å². The van der Waals surface area contributed by atoms with E-state index in [9.17, 15) is 5.11 Å². The zero-order valence-electron chi connectivity index (χ0n) is 21.3. The van der Waals surface area contributed by atoms with Crippen molar-refractivity contribution < 1.29 is 14.3 Å². The topological polar surface area (TPSA) is 67.0 Å². The van der Waals surface area contributed by atoms with Crippen molar-refractivity contribution in [2.75, 3.05) is 7.11 Å². The van der Waals surface area contributed by atoms with Crippen LogP contribution in [0, 0.1) is 17.8 Å². The van der Waals surface area contributed by atoms with Crippen LogP contribution in [0.4, 0.5) is 0 Å². The molecule has 0 saturated carbocycles. The Bertz CT molecular complexity index is 1200. The molecule has 1 aliphatic heterocycles. The number of hydrogen-bond acceptors (Lipinski definition) is 5. The predicted molar refractivity (Wildman–Crippen MR) is 142 cm³/mol. The summed E-state index contributed by atoms with van der Waals surface area (Å²) >= 11 is 0. The van der Waals surface area contributed by atoms with E-state index in [2.05, 4.69) is 35.7 Å². The summed E-state index contributed by atoms with van der Waals surface area (Å²) in [4.78, 5) is 5.25. The Morgan fingerprint density at radius 3 is 2.78 bits per heavy atom. The minimum atomic E-state index is -0.383. The van der Waals surface area contributed by atoms with E-state index >= 15 is 0 Å². The fraction of sp³-hybridized carbons (Fsp3) is 0.581. The number of furan rings is 1. The fourth-order valence-electron chi connectivity index (χ4n) is 7.87. The third-order valence-electron chi connectivity index (χ3n) is 9.61. The summed E-state index contributed by atoms with van der Waals surface area (Å²) in [6.07, 6.45) is 23.0. The van der Waals surface area contributed by atoms with Crippen molar-refractivity contribution in [3.05, 3.63) is 64.5 Å². The van der Waals surface area contributed by atoms with Crippen molar-refractivity contribution in [2.24, 2.45) is 22.7 Å². The Morgan fingerprint density at radius 1 is 1.03 bits per heavy atom. The highest BCUT2D eigenvalue weighted by atomic mass is 16.5. The highest BCUT2D eigenvalue weighted by molar-refractivity contribution is 5.98. The molecular weight excluding hydrogens is 448 g/mol. The standard InChI is InChI=1S/C31H38N2O3/c1-35-28-17-24(32-31(33-28)22-12-6-7-13-25(22)34)23-16-27-30(21-11-5-4-10-20(21)23)29-19-9-3-2-8-18(19)14-15-26(29)36-27/h5-6,11-12,17,20-23,25,31,33-34H,2-4,7-10,13-16H2,1H3. The molecule has 0 bridgehead atoms. The second-order valence-electron chi connectivity index (χ2n) is 11.5. The van der Waals surface area contributed by atoms with Crippen LogP contribution >= 0.6 is 0 Å². The molecule has 36 heavy (non-hydrogen) atoms. The van der Waals surface area contributed by atoms with Gasteiger partial charge in [-0.15, -0.1) is 0 Å². The SMILES string of the molecule is COC1=CC(C2Cc3oc4c(c3C3C=CCCC23)C2=C(CCCC2)CC4)=NC(C2C=CCCC2O)N1. The van der Waals surface area contributed by atoms with Crippen molar-refractivity contribution in [3.63, 3.8) is 0 Å². The number of methoxy groups -OCH3 is 1. The molecule has 0 radical (unpaired) electrons. The molecular formula is C31H38N2O3. The van der Waals surface area contributed by atoms with Crippen molar-refractivity contribution in [1.82, 2.24) is 5.32 Å². The number of aliphatic hydroxyl groups is 1. The second kappa shape index (κ2) is 9.09. The first-order valence-corrected chi connectivity index (χ1v) is 14.2. The van der Waals surface area contributed by atoms with Gasteiger partial charge in [-0.2, -0.15) is 0 Å². The van der Waals surface area contributed by atoms with Crippen LogP contribution in [0.15, 0.2) is 51.2 Å². The van der Waals surface area contributed by atoms with Crippen molar-refractivity contribution in [3.8, 4) is 0 Å². The average Bonchev–Trinajstić information content (AvgIpc) is 3.32. The van der Waals surface area contributed by atoms with Crippen molar-refractivity contribution >= 4 is 11.3 Å². The molecule has 1 aromatic heterocycles. The van der Waals surface area contributed by atoms with E-state index in [0.29, 0.717) is 17.8 Å². The van der Waals surface area contributed by atoms with Gasteiger partial charge in [0.05, 0.1) is 13.2 Å². The maximum atomic E-state index is 10.7. The van der Waals surface area contributed by atoms with Crippen LogP contribution in [0.3, 0.4) is 0 Å². The number of aliphatic imine (C=N–C) groups is 1. The van der Waals surface area contributed by atoms with Gasteiger partial charge in [-0.1, -0.05) is 29.9 Å². The molecule has 0 fully saturated rings. The van der Waals surface area contributed by atoms with Gasteiger partial charge in [0.2, 0.25) is 0 Å². The number of fused-ring (bicyclic) bond motifs is 6. The highest BCUT2D eigenvalue weighted by Gasteiger charge is 2.45. The van der Waals surface area contributed by atoms with E-state index in [4.69, 9.17) is 14.1 Å². The Hall–Kier alpha value is -2.53. The van der Waals surface area contributed by atoms with Crippen LogP contribution in [0.25, 0.3) is 5.57 Å². The summed E-state index contributed by atoms with van der Waals surface area (Å²) in [7, 11) is 1.72. The van der Waals surface area contributed by atoms with E-state index in [-0.39, 0.29) is 18.2 Å². The third-order valence-corrected chi connectivity index (χ3v) is 9.61. The van der Waals surface area contributed by atoms with Gasteiger partial charge < -0.3 is 19.6 Å². The molecule has 0 saturated heterocycles. The summed E-state index contributed by atoms with van der Waals surface area (Å²) in [5.41, 5.74) is 7.43. The number of nitrogens with one attached hydrogen (secondary N) is 1. The monoisotopic (exact) mass is 486 g/mol. The number of aryl methyl sites for hydroxylation is 1. The zero-order chi connectivity index (χ0) is 24.2. The average molecular weight is 487 g/mol. The summed E-state index contributed by atoms with van der Waals surface area (Å²) in [5.74, 6) is 4.34. The van der Waals surface area contributed by atoms with Gasteiger partial charge in [-0.05, 0) is 69.3 Å². The van der Waals surface area contributed by atoms with E-state index in [1.807, 2.05) is 0 Å². The summed E-state index contributed by atoms with van der Waals surface area (Å²) in [6.45, 7) is 0. The molecule has 1 aromatic rings. The first kappa shape index (κ1) is 22.7. The molecule has 190 valence electrons. The van der Waals surface area contributed by atoms with Gasteiger partial charge in [0.25, 0.3) is 0 Å². The lowest BCUT2D eigenvalue weighted by Crippen LogP contribution is -2.45. The number of aliphatic hydroxyl groups excluding tert-OH is 1. The van der Waals surface area contributed by atoms with Crippen molar-refractivity contribution in [1.29, 1.82) is 0 Å². The molecule has 6 atom stereocenters. The van der Waals surface area contributed by atoms with Crippen LogP contribution in [-0.2, 0) is 17.6 Å². The Kier molecular flexibility index (Phi) is 5.72. The maximum absolute atomic E-state index is 10.7. The van der Waals surface area contributed by atoms with Crippen LogP contribution in [-0.4, -0.2) is 30.2 Å². The molecule has 5 aliphatic carbocycles. The third kappa shape index (κ3) is 3.65. The molecule has 2 heterocycles. The quantitative estimate of drug-likeness (QED) is 0.517. The van der Waals surface area contributed by atoms with Gasteiger partial charge in [0.1, 0.15) is 17.7 Å². The first-order chi connectivity index (χ1) is 17.7. The minimum absolute atomic E-state index is 0.0404. The van der Waals surface area contributed by atoms with Gasteiger partial charge >= 0.3 is 0 Å². The number of hydrogen-bond donors (Lipinski definition) is 2. The number of ether oxygens (including phenoxy) is 1. The van der Waals surface area contributed by atoms with Crippen LogP contribution in [0.1, 0.15) is 86.4 Å². The molecule has 2 N–H and O–H groups in total. The Morgan fingerprint density at radius 2 is 1.89 bits per heavy atom. The lowest BCUT2D eigenvalue weighted by Gasteiger charge is -2.41. The summed E-state index contributed by atoms with van der Waals surface area (Å²) in [6, 6.07) is 0. The number of allylic oxidation sites excluding steroid dienone is 6. The summed E-state index contributed by atoms with van der Waals surface area (Å²) < 4.78 is 12.4. The fourth-order valence-corrected chi connectivity index (χ4v) is 7.87. The van der Waals surface area contributed by atoms with Crippen LogP contribution in [0.2, 0.25) is 0 Å². The Balaban J connectivity index is 1.30. The highest BCUT2D eigenvalue weighted by Crippen LogP contribution is 2.53. The molecule has 5 heteroatoms. The van der Waals surface area contributed by atoms with Gasteiger partial charge in [0.15, 0.2) is 5.88 Å². The van der Waals surface area contributed by atoms with Crippen LogP contribution < -0.4 is 5.32 Å². The number of rotatable bonds is 3. The number of nitrogens with zero attached hydrogens (tertiary/aromatic N) is 1. The zero-order valence-corrected chi connectivity index (χ0v) is 21.3. The van der Waals surface area contributed by atoms with Crippen LogP contribution in [0.5, 0.6) is 0 Å². The first-order valence-electron chi connectivity index (χ1n) is 14.2. The molecule has 6 unspecified atom stereocenters. The lowest BCUT2D eigenvalue weighted by atomic mass is 9.63. The smallest absolute Gasteiger partial charge is 0.189 e. The Labute approximate surface area is 214 Å². The molecule has 0 aromatic carbocycles. The van der Waals surface area contributed by atoms with E-state index in [1.54, 1.807) is 18.3 Å². The van der Waals surface area contributed by atoms with Gasteiger partial charge in [0, 0.05) is 53.5 Å². The summed E-state index contributed by atoms with van der Waals surface area (Å²) in [5, 5.41) is 14.2. The molecule has 7 rings (SSSR count). The predicted octanol–water partition coefficient (Wildman–Crippen LogP) is 5.96. The maximum Gasteiger partial charge on any atom is 0.189 e. The lowest BCUT2D eigenvalue weighted by molar-refractivity contribution is 0.0929. The van der Waals surface area contributed by atoms with E-state index in [0.717, 1.165) is 43.7 Å². The van der Waals surface area contributed by atoms with E-state index in [1.165, 1.54) is 61.2 Å².